The van der Waals surface area contributed by atoms with Crippen molar-refractivity contribution in [3.05, 3.63) is 0 Å². The molecule has 0 radical (unpaired) electrons. The summed E-state index contributed by atoms with van der Waals surface area (Å²) in [5, 5.41) is 0. The van der Waals surface area contributed by atoms with E-state index in [9.17, 15) is 0 Å². The summed E-state index contributed by atoms with van der Waals surface area (Å²) in [6.45, 7) is -3.47. The molecule has 70 valence electrons. The van der Waals surface area contributed by atoms with Crippen LogP contribution in [0.1, 0.15) is 0 Å². The molecule has 0 atom stereocenters. The Balaban J connectivity index is -0.000000107. The van der Waals surface area contributed by atoms with Crippen LogP contribution in [0.3, 0.4) is 0 Å². The van der Waals surface area contributed by atoms with Gasteiger partial charge in [0, 0.05) is 0 Å². The Kier molecular flexibility index (Phi) is 11.6. The summed E-state index contributed by atoms with van der Waals surface area (Å²) in [6, 6.07) is 0. The Labute approximate surface area is 81.7 Å². The van der Waals surface area contributed by atoms with Gasteiger partial charge in [-0.2, -0.15) is 0 Å². The molecular weight excluding hydrogens is 228 g/mol. The summed E-state index contributed by atoms with van der Waals surface area (Å²) >= 11 is 0.113. The Morgan fingerprint density at radius 1 is 1.09 bits per heavy atom. The van der Waals surface area contributed by atoms with Crippen LogP contribution < -0.4 is 0 Å². The third-order valence-electron chi connectivity index (χ3n) is 0. The van der Waals surface area contributed by atoms with E-state index in [0.717, 1.165) is 0 Å². The SMILES string of the molecule is O=P(O)(O)O.O[PH](O)(O)[AlH2].[AlH3]. The Morgan fingerprint density at radius 3 is 1.09 bits per heavy atom. The van der Waals surface area contributed by atoms with Crippen LogP contribution in [0.15, 0.2) is 0 Å². The van der Waals surface area contributed by atoms with Crippen LogP contribution >= 0.6 is 14.4 Å². The molecular formula is H12Al2O7P2. The molecule has 0 rings (SSSR count). The van der Waals surface area contributed by atoms with Gasteiger partial charge in [0.1, 0.15) is 0 Å². The molecule has 0 aliphatic carbocycles. The molecule has 0 bridgehead atoms. The van der Waals surface area contributed by atoms with Crippen molar-refractivity contribution in [1.82, 2.24) is 0 Å². The van der Waals surface area contributed by atoms with Crippen molar-refractivity contribution in [3.8, 4) is 0 Å². The molecule has 0 saturated heterocycles. The van der Waals surface area contributed by atoms with Crippen molar-refractivity contribution >= 4 is 47.6 Å². The molecule has 0 aromatic carbocycles. The second kappa shape index (κ2) is 6.94. The minimum atomic E-state index is -4.64. The minimum absolute atomic E-state index is 0. The first-order valence-corrected chi connectivity index (χ1v) is 8.86. The zero-order valence-corrected chi connectivity index (χ0v) is 8.93. The molecule has 7 nitrogen and oxygen atoms in total. The van der Waals surface area contributed by atoms with Gasteiger partial charge in [-0.1, -0.05) is 0 Å². The molecule has 11 heteroatoms. The molecule has 6 N–H and O–H groups in total. The molecule has 0 aliphatic rings. The summed E-state index contributed by atoms with van der Waals surface area (Å²) in [5.74, 6) is 0. The van der Waals surface area contributed by atoms with Crippen LogP contribution in [0.4, 0.5) is 0 Å². The van der Waals surface area contributed by atoms with Crippen molar-refractivity contribution in [3.63, 3.8) is 0 Å². The van der Waals surface area contributed by atoms with E-state index in [0.29, 0.717) is 0 Å². The van der Waals surface area contributed by atoms with E-state index in [4.69, 9.17) is 33.9 Å². The number of hydrogen-bond acceptors (Lipinski definition) is 4. The first kappa shape index (κ1) is 18.3. The molecule has 0 heterocycles. The van der Waals surface area contributed by atoms with E-state index >= 15 is 0 Å². The maximum atomic E-state index is 8.88. The Bertz CT molecular complexity index is 107. The van der Waals surface area contributed by atoms with Gasteiger partial charge in [0.15, 0.2) is 17.4 Å². The third kappa shape index (κ3) is 469. The van der Waals surface area contributed by atoms with Gasteiger partial charge in [0.25, 0.3) is 0 Å². The maximum Gasteiger partial charge on any atom is 0.187 e. The standard InChI is InChI=1S/2Al.H3O4P.H4O3P.5H/c;;1-5(2,3)4;1-4(2)3;;;;;/h;;(H3,1,2,3,4);1-4H;;;;;/q;-1;;+1;;;;;. The first-order chi connectivity index (χ1) is 4.00. The van der Waals surface area contributed by atoms with Crippen molar-refractivity contribution in [1.29, 1.82) is 0 Å². The van der Waals surface area contributed by atoms with Gasteiger partial charge in [0.05, 0.1) is 0 Å². The molecule has 0 unspecified atom stereocenters. The average Bonchev–Trinajstić information content (AvgIpc) is 1.12. The summed E-state index contributed by atoms with van der Waals surface area (Å²) < 4.78 is 8.88. The van der Waals surface area contributed by atoms with Crippen LogP contribution in [0.2, 0.25) is 0 Å². The fourth-order valence-corrected chi connectivity index (χ4v) is 0. The summed E-state index contributed by atoms with van der Waals surface area (Å²) in [6.07, 6.45) is 0. The van der Waals surface area contributed by atoms with E-state index in [1.54, 1.807) is 0 Å². The monoisotopic (exact) mass is 240 g/mol. The second-order valence-corrected chi connectivity index (χ2v) is 8.48. The van der Waals surface area contributed by atoms with E-state index in [1.165, 1.54) is 0 Å². The van der Waals surface area contributed by atoms with E-state index in [1.807, 2.05) is 0 Å². The van der Waals surface area contributed by atoms with Gasteiger partial charge in [-0.25, -0.2) is 4.57 Å². The average molecular weight is 240 g/mol. The van der Waals surface area contributed by atoms with Gasteiger partial charge < -0.3 is 14.7 Å². The smallest absolute Gasteiger partial charge is 0.187 e. The number of phosphoric acid groups is 1. The van der Waals surface area contributed by atoms with E-state index in [-0.39, 0.29) is 33.2 Å². The van der Waals surface area contributed by atoms with Crippen LogP contribution in [0, 0.1) is 0 Å². The minimum Gasteiger partial charge on any atom is 0.187 e. The molecule has 0 aliphatic heterocycles. The fourth-order valence-electron chi connectivity index (χ4n) is 0. The Morgan fingerprint density at radius 2 is 1.09 bits per heavy atom. The van der Waals surface area contributed by atoms with Crippen molar-refractivity contribution in [2.24, 2.45) is 0 Å². The molecule has 0 fully saturated rings. The summed E-state index contributed by atoms with van der Waals surface area (Å²) in [5.41, 5.74) is 0. The zero-order chi connectivity index (χ0) is 9.00. The Hall–Kier alpha value is 1.48. The van der Waals surface area contributed by atoms with Crippen LogP contribution in [0.5, 0.6) is 0 Å². The third-order valence-corrected chi connectivity index (χ3v) is 0. The van der Waals surface area contributed by atoms with Crippen LogP contribution in [-0.4, -0.2) is 62.6 Å². The maximum absolute atomic E-state index is 8.88. The molecule has 0 amide bonds. The van der Waals surface area contributed by atoms with Crippen molar-refractivity contribution in [2.45, 2.75) is 0 Å². The summed E-state index contributed by atoms with van der Waals surface area (Å²) in [7, 11) is -4.64. The zero-order valence-electron chi connectivity index (χ0n) is 5.04. The predicted octanol–water partition coefficient (Wildman–Crippen LogP) is -4.11. The van der Waals surface area contributed by atoms with Gasteiger partial charge in [0.2, 0.25) is 0 Å². The number of rotatable bonds is 0. The van der Waals surface area contributed by atoms with Gasteiger partial charge in [-0.15, -0.1) is 0 Å². The van der Waals surface area contributed by atoms with Crippen LogP contribution in [-0.2, 0) is 4.57 Å². The van der Waals surface area contributed by atoms with Crippen molar-refractivity contribution < 1.29 is 33.9 Å². The molecule has 0 spiro atoms. The van der Waals surface area contributed by atoms with Gasteiger partial charge >= 0.3 is 44.9 Å². The van der Waals surface area contributed by atoms with Crippen molar-refractivity contribution in [2.75, 3.05) is 0 Å². The second-order valence-electron chi connectivity index (χ2n) is 1.48. The van der Waals surface area contributed by atoms with E-state index < -0.39 is 14.4 Å². The largest absolute Gasteiger partial charge is 0.187 e. The fraction of sp³-hybridized carbons (Fsp3) is 0. The van der Waals surface area contributed by atoms with Gasteiger partial charge in [-0.05, 0) is 0 Å². The first-order valence-electron chi connectivity index (χ1n) is 1.95. The quantitative estimate of drug-likeness (QED) is 0.187. The molecule has 11 heavy (non-hydrogen) atoms. The topological polar surface area (TPSA) is 138 Å². The molecule has 0 saturated carbocycles. The predicted molar refractivity (Wildman–Crippen MR) is 47.7 cm³/mol. The van der Waals surface area contributed by atoms with E-state index in [2.05, 4.69) is 0 Å². The molecule has 0 aromatic rings. The number of hydrogen-bond donors (Lipinski definition) is 6. The summed E-state index contributed by atoms with van der Waals surface area (Å²) in [4.78, 5) is 45.1. The normalized spacial score (nSPS) is 12.2. The van der Waals surface area contributed by atoms with Gasteiger partial charge in [-0.3, -0.25) is 0 Å². The molecule has 0 aromatic heterocycles. The van der Waals surface area contributed by atoms with Crippen LogP contribution in [0.25, 0.3) is 0 Å².